The molecular formula is C18H16F3NO5. The lowest BCUT2D eigenvalue weighted by atomic mass is 10.2. The zero-order chi connectivity index (χ0) is 20.0. The Bertz CT molecular complexity index is 836. The molecule has 1 N–H and O–H groups in total. The molecule has 0 aliphatic rings. The minimum Gasteiger partial charge on any atom is -0.495 e. The number of carbonyl (C=O) groups excluding carboxylic acids is 2. The molecular weight excluding hydrogens is 367 g/mol. The van der Waals surface area contributed by atoms with Gasteiger partial charge in [-0.1, -0.05) is 6.07 Å². The third-order valence-electron chi connectivity index (χ3n) is 3.43. The summed E-state index contributed by atoms with van der Waals surface area (Å²) in [6.07, 6.45) is -4.51. The number of esters is 1. The first-order chi connectivity index (χ1) is 12.7. The average Bonchev–Trinajstić information content (AvgIpc) is 2.65. The molecule has 0 spiro atoms. The van der Waals surface area contributed by atoms with Gasteiger partial charge in [0.15, 0.2) is 6.61 Å². The summed E-state index contributed by atoms with van der Waals surface area (Å²) in [7, 11) is 2.59. The van der Waals surface area contributed by atoms with Crippen LogP contribution in [0.15, 0.2) is 42.5 Å². The van der Waals surface area contributed by atoms with Gasteiger partial charge in [-0.25, -0.2) is 4.79 Å². The Hall–Kier alpha value is -3.23. The number of alkyl halides is 3. The Labute approximate surface area is 152 Å². The third-order valence-corrected chi connectivity index (χ3v) is 3.43. The molecule has 0 atom stereocenters. The molecule has 0 aliphatic carbocycles. The minimum atomic E-state index is -4.51. The van der Waals surface area contributed by atoms with Crippen LogP contribution in [0.1, 0.15) is 15.9 Å². The van der Waals surface area contributed by atoms with Crippen LogP contribution in [0.2, 0.25) is 0 Å². The van der Waals surface area contributed by atoms with Crippen molar-refractivity contribution in [1.29, 1.82) is 0 Å². The summed E-state index contributed by atoms with van der Waals surface area (Å²) in [4.78, 5) is 23.6. The van der Waals surface area contributed by atoms with Crippen molar-refractivity contribution in [3.8, 4) is 11.5 Å². The van der Waals surface area contributed by atoms with Crippen LogP contribution in [0.4, 0.5) is 18.9 Å². The lowest BCUT2D eigenvalue weighted by Gasteiger charge is -2.13. The van der Waals surface area contributed by atoms with Crippen molar-refractivity contribution >= 4 is 17.6 Å². The van der Waals surface area contributed by atoms with Crippen LogP contribution in [0.25, 0.3) is 0 Å². The summed E-state index contributed by atoms with van der Waals surface area (Å²) in [6, 6.07) is 8.46. The van der Waals surface area contributed by atoms with Crippen LogP contribution in [0, 0.1) is 0 Å². The Balaban J connectivity index is 2.07. The molecule has 9 heteroatoms. The summed E-state index contributed by atoms with van der Waals surface area (Å²) in [5.74, 6) is -1.06. The van der Waals surface area contributed by atoms with Gasteiger partial charge in [0.2, 0.25) is 0 Å². The van der Waals surface area contributed by atoms with Gasteiger partial charge in [0.1, 0.15) is 11.5 Å². The van der Waals surface area contributed by atoms with Gasteiger partial charge in [0.25, 0.3) is 5.91 Å². The molecule has 0 aromatic heterocycles. The molecule has 1 amide bonds. The van der Waals surface area contributed by atoms with Crippen molar-refractivity contribution < 1.29 is 37.0 Å². The van der Waals surface area contributed by atoms with E-state index in [1.807, 2.05) is 0 Å². The van der Waals surface area contributed by atoms with E-state index in [4.69, 9.17) is 9.47 Å². The van der Waals surface area contributed by atoms with Gasteiger partial charge in [-0.2, -0.15) is 13.2 Å². The topological polar surface area (TPSA) is 73.9 Å². The summed E-state index contributed by atoms with van der Waals surface area (Å²) in [5.41, 5.74) is -0.502. The SMILES string of the molecule is COC(=O)c1ccc(OC)c(NC(=O)COc2cccc(C(F)(F)F)c2)c1. The Morgan fingerprint density at radius 2 is 1.81 bits per heavy atom. The normalized spacial score (nSPS) is 10.9. The van der Waals surface area contributed by atoms with Crippen molar-refractivity contribution in [3.05, 3.63) is 53.6 Å². The van der Waals surface area contributed by atoms with E-state index in [0.29, 0.717) is 0 Å². The monoisotopic (exact) mass is 383 g/mol. The fourth-order valence-electron chi connectivity index (χ4n) is 2.15. The van der Waals surface area contributed by atoms with Gasteiger partial charge in [-0.3, -0.25) is 4.79 Å². The van der Waals surface area contributed by atoms with Crippen LogP contribution in [-0.4, -0.2) is 32.7 Å². The molecule has 144 valence electrons. The highest BCUT2D eigenvalue weighted by Crippen LogP contribution is 2.31. The third kappa shape index (κ3) is 5.37. The Morgan fingerprint density at radius 3 is 2.44 bits per heavy atom. The summed E-state index contributed by atoms with van der Waals surface area (Å²) >= 11 is 0. The second kappa shape index (κ2) is 8.43. The fourth-order valence-corrected chi connectivity index (χ4v) is 2.15. The lowest BCUT2D eigenvalue weighted by Crippen LogP contribution is -2.21. The van der Waals surface area contributed by atoms with Crippen LogP contribution in [-0.2, 0) is 15.7 Å². The molecule has 27 heavy (non-hydrogen) atoms. The molecule has 0 aliphatic heterocycles. The molecule has 0 fully saturated rings. The number of halogens is 3. The Kier molecular flexibility index (Phi) is 6.27. The smallest absolute Gasteiger partial charge is 0.416 e. The quantitative estimate of drug-likeness (QED) is 0.773. The average molecular weight is 383 g/mol. The zero-order valence-corrected chi connectivity index (χ0v) is 14.4. The number of methoxy groups -OCH3 is 2. The molecule has 0 heterocycles. The van der Waals surface area contributed by atoms with E-state index in [9.17, 15) is 22.8 Å². The maximum Gasteiger partial charge on any atom is 0.416 e. The van der Waals surface area contributed by atoms with E-state index >= 15 is 0 Å². The maximum atomic E-state index is 12.7. The van der Waals surface area contributed by atoms with Gasteiger partial charge < -0.3 is 19.5 Å². The molecule has 0 unspecified atom stereocenters. The molecule has 0 bridgehead atoms. The Morgan fingerprint density at radius 1 is 1.07 bits per heavy atom. The molecule has 0 radical (unpaired) electrons. The van der Waals surface area contributed by atoms with Crippen molar-refractivity contribution in [2.75, 3.05) is 26.1 Å². The van der Waals surface area contributed by atoms with Crippen LogP contribution in [0.3, 0.4) is 0 Å². The van der Waals surface area contributed by atoms with Gasteiger partial charge in [-0.05, 0) is 36.4 Å². The number of rotatable bonds is 6. The van der Waals surface area contributed by atoms with Crippen molar-refractivity contribution in [1.82, 2.24) is 0 Å². The van der Waals surface area contributed by atoms with Gasteiger partial charge >= 0.3 is 12.1 Å². The van der Waals surface area contributed by atoms with E-state index < -0.39 is 30.2 Å². The van der Waals surface area contributed by atoms with Gasteiger partial charge in [0, 0.05) is 0 Å². The standard InChI is InChI=1S/C18H16F3NO5/c1-25-15-7-6-11(17(24)26-2)8-14(15)22-16(23)10-27-13-5-3-4-12(9-13)18(19,20)21/h3-9H,10H2,1-2H3,(H,22,23). The number of benzene rings is 2. The van der Waals surface area contributed by atoms with E-state index in [2.05, 4.69) is 10.1 Å². The number of anilines is 1. The molecule has 2 aromatic carbocycles. The number of ether oxygens (including phenoxy) is 3. The first kappa shape index (κ1) is 20.1. The molecule has 6 nitrogen and oxygen atoms in total. The molecule has 0 saturated carbocycles. The highest BCUT2D eigenvalue weighted by molar-refractivity contribution is 5.96. The second-order valence-corrected chi connectivity index (χ2v) is 5.27. The highest BCUT2D eigenvalue weighted by atomic mass is 19.4. The first-order valence-electron chi connectivity index (χ1n) is 7.61. The minimum absolute atomic E-state index is 0.102. The van der Waals surface area contributed by atoms with E-state index in [0.717, 1.165) is 12.1 Å². The molecule has 2 aromatic rings. The summed E-state index contributed by atoms with van der Waals surface area (Å²) in [5, 5.41) is 2.48. The largest absolute Gasteiger partial charge is 0.495 e. The van der Waals surface area contributed by atoms with E-state index in [1.165, 1.54) is 44.6 Å². The van der Waals surface area contributed by atoms with Crippen molar-refractivity contribution in [3.63, 3.8) is 0 Å². The van der Waals surface area contributed by atoms with Gasteiger partial charge in [0.05, 0.1) is 31.0 Å². The fraction of sp³-hybridized carbons (Fsp3) is 0.222. The predicted molar refractivity (Wildman–Crippen MR) is 89.9 cm³/mol. The summed E-state index contributed by atoms with van der Waals surface area (Å²) < 4.78 is 52.9. The van der Waals surface area contributed by atoms with Crippen molar-refractivity contribution in [2.24, 2.45) is 0 Å². The predicted octanol–water partition coefficient (Wildman–Crippen LogP) is 3.52. The summed E-state index contributed by atoms with van der Waals surface area (Å²) in [6.45, 7) is -0.535. The second-order valence-electron chi connectivity index (χ2n) is 5.27. The van der Waals surface area contributed by atoms with E-state index in [1.54, 1.807) is 0 Å². The van der Waals surface area contributed by atoms with Crippen LogP contribution in [0.5, 0.6) is 11.5 Å². The maximum absolute atomic E-state index is 12.7. The number of amides is 1. The number of hydrogen-bond acceptors (Lipinski definition) is 5. The molecule has 2 rings (SSSR count). The van der Waals surface area contributed by atoms with Crippen LogP contribution >= 0.6 is 0 Å². The number of nitrogens with one attached hydrogen (secondary N) is 1. The lowest BCUT2D eigenvalue weighted by molar-refractivity contribution is -0.137. The zero-order valence-electron chi connectivity index (χ0n) is 14.4. The first-order valence-corrected chi connectivity index (χ1v) is 7.61. The van der Waals surface area contributed by atoms with E-state index in [-0.39, 0.29) is 22.7 Å². The number of carbonyl (C=O) groups is 2. The van der Waals surface area contributed by atoms with Gasteiger partial charge in [-0.15, -0.1) is 0 Å². The van der Waals surface area contributed by atoms with Crippen LogP contribution < -0.4 is 14.8 Å². The highest BCUT2D eigenvalue weighted by Gasteiger charge is 2.30. The number of hydrogen-bond donors (Lipinski definition) is 1. The molecule has 0 saturated heterocycles. The van der Waals surface area contributed by atoms with Crippen molar-refractivity contribution in [2.45, 2.75) is 6.18 Å².